The molecule has 2 aromatic carbocycles. The second kappa shape index (κ2) is 9.07. The highest BCUT2D eigenvalue weighted by molar-refractivity contribution is 7.89. The largest absolute Gasteiger partial charge is 0.497 e. The van der Waals surface area contributed by atoms with Crippen molar-refractivity contribution in [1.29, 1.82) is 0 Å². The Balaban J connectivity index is 2.10. The zero-order chi connectivity index (χ0) is 20.0. The number of nitrogens with one attached hydrogen (secondary N) is 1. The number of hydrogen-bond acceptors (Lipinski definition) is 5. The Morgan fingerprint density at radius 2 is 1.96 bits per heavy atom. The Morgan fingerprint density at radius 3 is 2.59 bits per heavy atom. The average Bonchev–Trinajstić information content (AvgIpc) is 2.63. The third-order valence-corrected chi connectivity index (χ3v) is 5.73. The van der Waals surface area contributed by atoms with E-state index in [0.29, 0.717) is 23.8 Å². The van der Waals surface area contributed by atoms with E-state index in [2.05, 4.69) is 5.32 Å². The van der Waals surface area contributed by atoms with Gasteiger partial charge in [0.25, 0.3) is 0 Å². The molecular formula is C18H21ClN2O5S. The predicted octanol–water partition coefficient (Wildman–Crippen LogP) is 3.01. The van der Waals surface area contributed by atoms with Crippen LogP contribution < -0.4 is 14.8 Å². The molecule has 7 nitrogen and oxygen atoms in total. The van der Waals surface area contributed by atoms with Crippen molar-refractivity contribution in [3.63, 3.8) is 0 Å². The van der Waals surface area contributed by atoms with Crippen LogP contribution in [0.2, 0.25) is 5.02 Å². The molecule has 0 atom stereocenters. The van der Waals surface area contributed by atoms with E-state index in [0.717, 1.165) is 4.31 Å². The molecule has 0 aromatic heterocycles. The first-order chi connectivity index (χ1) is 12.8. The SMILES string of the molecule is CCOc1ccc(S(=O)(=O)N(C)CC(=O)Nc2cccc(OC)c2)cc1Cl. The van der Waals surface area contributed by atoms with Gasteiger partial charge in [0.2, 0.25) is 15.9 Å². The van der Waals surface area contributed by atoms with Crippen LogP contribution in [0, 0.1) is 0 Å². The van der Waals surface area contributed by atoms with Crippen LogP contribution in [0.25, 0.3) is 0 Å². The van der Waals surface area contributed by atoms with Gasteiger partial charge in [-0.05, 0) is 37.3 Å². The van der Waals surface area contributed by atoms with E-state index in [9.17, 15) is 13.2 Å². The lowest BCUT2D eigenvalue weighted by atomic mass is 10.3. The molecule has 0 aliphatic heterocycles. The Labute approximate surface area is 163 Å². The number of hydrogen-bond donors (Lipinski definition) is 1. The number of carbonyl (C=O) groups excluding carboxylic acids is 1. The predicted molar refractivity (Wildman–Crippen MR) is 104 cm³/mol. The van der Waals surface area contributed by atoms with Crippen LogP contribution in [0.15, 0.2) is 47.4 Å². The van der Waals surface area contributed by atoms with E-state index in [-0.39, 0.29) is 16.5 Å². The van der Waals surface area contributed by atoms with Crippen molar-refractivity contribution in [2.75, 3.05) is 32.6 Å². The minimum absolute atomic E-state index is 0.0207. The molecule has 0 heterocycles. The molecule has 0 bridgehead atoms. The molecular weight excluding hydrogens is 392 g/mol. The highest BCUT2D eigenvalue weighted by Crippen LogP contribution is 2.28. The van der Waals surface area contributed by atoms with E-state index < -0.39 is 15.9 Å². The van der Waals surface area contributed by atoms with Crippen LogP contribution in [0.5, 0.6) is 11.5 Å². The number of benzene rings is 2. The van der Waals surface area contributed by atoms with Crippen LogP contribution in [0.4, 0.5) is 5.69 Å². The maximum atomic E-state index is 12.7. The summed E-state index contributed by atoms with van der Waals surface area (Å²) >= 11 is 6.06. The number of amides is 1. The number of likely N-dealkylation sites (N-methyl/N-ethyl adjacent to an activating group) is 1. The summed E-state index contributed by atoms with van der Waals surface area (Å²) in [7, 11) is -1.04. The van der Waals surface area contributed by atoms with Gasteiger partial charge in [0.15, 0.2) is 0 Å². The number of ether oxygens (including phenoxy) is 2. The lowest BCUT2D eigenvalue weighted by Crippen LogP contribution is -2.35. The van der Waals surface area contributed by atoms with Gasteiger partial charge < -0.3 is 14.8 Å². The topological polar surface area (TPSA) is 84.9 Å². The minimum Gasteiger partial charge on any atom is -0.497 e. The standard InChI is InChI=1S/C18H21ClN2O5S/c1-4-26-17-9-8-15(11-16(17)19)27(23,24)21(2)12-18(22)20-13-6-5-7-14(10-13)25-3/h5-11H,4,12H2,1-3H3,(H,20,22). The molecule has 0 radical (unpaired) electrons. The summed E-state index contributed by atoms with van der Waals surface area (Å²) in [5, 5.41) is 2.82. The van der Waals surface area contributed by atoms with E-state index >= 15 is 0 Å². The quantitative estimate of drug-likeness (QED) is 0.720. The number of anilines is 1. The van der Waals surface area contributed by atoms with Gasteiger partial charge in [0.1, 0.15) is 11.5 Å². The molecule has 0 fully saturated rings. The minimum atomic E-state index is -3.89. The fourth-order valence-electron chi connectivity index (χ4n) is 2.28. The van der Waals surface area contributed by atoms with Gasteiger partial charge in [-0.15, -0.1) is 0 Å². The van der Waals surface area contributed by atoms with Crippen molar-refractivity contribution in [3.8, 4) is 11.5 Å². The summed E-state index contributed by atoms with van der Waals surface area (Å²) < 4.78 is 36.7. The van der Waals surface area contributed by atoms with Crippen LogP contribution >= 0.6 is 11.6 Å². The third kappa shape index (κ3) is 5.35. The van der Waals surface area contributed by atoms with Gasteiger partial charge >= 0.3 is 0 Å². The normalized spacial score (nSPS) is 11.3. The van der Waals surface area contributed by atoms with Gasteiger partial charge in [0, 0.05) is 18.8 Å². The first-order valence-electron chi connectivity index (χ1n) is 8.10. The lowest BCUT2D eigenvalue weighted by molar-refractivity contribution is -0.116. The van der Waals surface area contributed by atoms with Crippen molar-refractivity contribution < 1.29 is 22.7 Å². The first-order valence-corrected chi connectivity index (χ1v) is 9.92. The molecule has 0 aliphatic rings. The van der Waals surface area contributed by atoms with Crippen molar-refractivity contribution in [1.82, 2.24) is 4.31 Å². The van der Waals surface area contributed by atoms with E-state index in [1.807, 2.05) is 0 Å². The molecule has 1 N–H and O–H groups in total. The Kier molecular flexibility index (Phi) is 7.06. The molecule has 1 amide bonds. The van der Waals surface area contributed by atoms with Gasteiger partial charge in [0.05, 0.1) is 30.2 Å². The van der Waals surface area contributed by atoms with Crippen molar-refractivity contribution in [3.05, 3.63) is 47.5 Å². The maximum absolute atomic E-state index is 12.7. The molecule has 0 spiro atoms. The van der Waals surface area contributed by atoms with Gasteiger partial charge in [-0.2, -0.15) is 4.31 Å². The number of nitrogens with zero attached hydrogens (tertiary/aromatic N) is 1. The molecule has 2 aromatic rings. The zero-order valence-electron chi connectivity index (χ0n) is 15.2. The van der Waals surface area contributed by atoms with Gasteiger partial charge in [-0.25, -0.2) is 8.42 Å². The second-order valence-corrected chi connectivity index (χ2v) is 8.02. The molecule has 0 saturated heterocycles. The highest BCUT2D eigenvalue weighted by Gasteiger charge is 2.24. The third-order valence-electron chi connectivity index (χ3n) is 3.63. The van der Waals surface area contributed by atoms with Crippen LogP contribution in [-0.2, 0) is 14.8 Å². The smallest absolute Gasteiger partial charge is 0.243 e. The molecule has 0 saturated carbocycles. The van der Waals surface area contributed by atoms with E-state index in [1.54, 1.807) is 31.2 Å². The summed E-state index contributed by atoms with van der Waals surface area (Å²) in [6, 6.07) is 11.0. The number of halogens is 1. The van der Waals surface area contributed by atoms with Crippen molar-refractivity contribution in [2.45, 2.75) is 11.8 Å². The fraction of sp³-hybridized carbons (Fsp3) is 0.278. The monoisotopic (exact) mass is 412 g/mol. The Hall–Kier alpha value is -2.29. The van der Waals surface area contributed by atoms with Crippen LogP contribution in [0.3, 0.4) is 0 Å². The molecule has 146 valence electrons. The summed E-state index contributed by atoms with van der Waals surface area (Å²) in [5.74, 6) is 0.501. The lowest BCUT2D eigenvalue weighted by Gasteiger charge is -2.17. The van der Waals surface area contributed by atoms with Crippen LogP contribution in [-0.4, -0.2) is 45.9 Å². The summed E-state index contributed by atoms with van der Waals surface area (Å²) in [6.07, 6.45) is 0. The molecule has 27 heavy (non-hydrogen) atoms. The highest BCUT2D eigenvalue weighted by atomic mass is 35.5. The first kappa shape index (κ1) is 21.0. The molecule has 0 aliphatic carbocycles. The summed E-state index contributed by atoms with van der Waals surface area (Å²) in [4.78, 5) is 12.2. The molecule has 2 rings (SSSR count). The van der Waals surface area contributed by atoms with Gasteiger partial charge in [-0.1, -0.05) is 17.7 Å². The average molecular weight is 413 g/mol. The zero-order valence-corrected chi connectivity index (χ0v) is 16.8. The second-order valence-electron chi connectivity index (χ2n) is 5.57. The maximum Gasteiger partial charge on any atom is 0.243 e. The van der Waals surface area contributed by atoms with Crippen molar-refractivity contribution in [2.24, 2.45) is 0 Å². The Bertz CT molecular complexity index is 918. The molecule has 0 unspecified atom stereocenters. The number of rotatable bonds is 8. The fourth-order valence-corrected chi connectivity index (χ4v) is 3.74. The van der Waals surface area contributed by atoms with E-state index in [1.165, 1.54) is 32.4 Å². The van der Waals surface area contributed by atoms with E-state index in [4.69, 9.17) is 21.1 Å². The Morgan fingerprint density at radius 1 is 1.22 bits per heavy atom. The molecule has 9 heteroatoms. The number of methoxy groups -OCH3 is 1. The van der Waals surface area contributed by atoms with Crippen LogP contribution in [0.1, 0.15) is 6.92 Å². The number of carbonyl (C=O) groups is 1. The summed E-state index contributed by atoms with van der Waals surface area (Å²) in [6.45, 7) is 1.86. The van der Waals surface area contributed by atoms with Gasteiger partial charge in [-0.3, -0.25) is 4.79 Å². The number of sulfonamides is 1. The van der Waals surface area contributed by atoms with Crippen molar-refractivity contribution >= 4 is 33.2 Å². The summed E-state index contributed by atoms with van der Waals surface area (Å²) in [5.41, 5.74) is 0.509.